The summed E-state index contributed by atoms with van der Waals surface area (Å²) in [7, 11) is 1.56. The van der Waals surface area contributed by atoms with E-state index in [1.165, 1.54) is 5.56 Å². The molecule has 6 nitrogen and oxygen atoms in total. The maximum atomic E-state index is 12.6. The summed E-state index contributed by atoms with van der Waals surface area (Å²) in [6.45, 7) is 8.15. The van der Waals surface area contributed by atoms with Crippen molar-refractivity contribution in [2.75, 3.05) is 19.0 Å². The van der Waals surface area contributed by atoms with E-state index < -0.39 is 0 Å². The Hall–Kier alpha value is -3.80. The van der Waals surface area contributed by atoms with Gasteiger partial charge in [0.1, 0.15) is 17.0 Å². The Morgan fingerprint density at radius 3 is 2.64 bits per heavy atom. The topological polar surface area (TPSA) is 73.6 Å². The van der Waals surface area contributed by atoms with Crippen molar-refractivity contribution in [2.45, 2.75) is 33.6 Å². The van der Waals surface area contributed by atoms with E-state index in [1.807, 2.05) is 50.2 Å². The number of oxazole rings is 1. The van der Waals surface area contributed by atoms with Crippen LogP contribution in [0.5, 0.6) is 11.5 Å². The monoisotopic (exact) mass is 444 g/mol. The van der Waals surface area contributed by atoms with Gasteiger partial charge < -0.3 is 19.2 Å². The number of anilines is 1. The Morgan fingerprint density at radius 1 is 1.06 bits per heavy atom. The number of carbonyl (C=O) groups is 1. The average Bonchev–Trinajstić information content (AvgIpc) is 3.23. The number of fused-ring (bicyclic) bond motifs is 1. The first-order valence-electron chi connectivity index (χ1n) is 10.9. The number of aryl methyl sites for hydroxylation is 1. The minimum atomic E-state index is -0.287. The average molecular weight is 445 g/mol. The standard InChI is InChI=1S/C27H28N2O4/c1-16(2)19-9-12-25-22(13-19)29-27(33-25)20-10-11-24(31-5)21(14-20)28-26(30)15-32-23-8-6-7-17(3)18(23)4/h6-14,16H,15H2,1-5H3,(H,28,30). The van der Waals surface area contributed by atoms with E-state index in [1.54, 1.807) is 19.2 Å². The molecule has 0 radical (unpaired) electrons. The second kappa shape index (κ2) is 9.36. The number of carbonyl (C=O) groups excluding carboxylic acids is 1. The molecule has 1 N–H and O–H groups in total. The van der Waals surface area contributed by atoms with Crippen molar-refractivity contribution < 1.29 is 18.7 Å². The van der Waals surface area contributed by atoms with Crippen LogP contribution in [0.4, 0.5) is 5.69 Å². The molecular formula is C27H28N2O4. The molecule has 1 amide bonds. The van der Waals surface area contributed by atoms with Crippen LogP contribution >= 0.6 is 0 Å². The summed E-state index contributed by atoms with van der Waals surface area (Å²) in [6, 6.07) is 17.2. The highest BCUT2D eigenvalue weighted by Gasteiger charge is 2.15. The van der Waals surface area contributed by atoms with Gasteiger partial charge in [0, 0.05) is 5.56 Å². The van der Waals surface area contributed by atoms with E-state index in [9.17, 15) is 4.79 Å². The lowest BCUT2D eigenvalue weighted by Crippen LogP contribution is -2.20. The third kappa shape index (κ3) is 4.85. The molecule has 0 aliphatic rings. The van der Waals surface area contributed by atoms with Crippen molar-refractivity contribution in [3.63, 3.8) is 0 Å². The minimum absolute atomic E-state index is 0.113. The van der Waals surface area contributed by atoms with Gasteiger partial charge in [0.2, 0.25) is 5.89 Å². The van der Waals surface area contributed by atoms with Crippen LogP contribution in [0.2, 0.25) is 0 Å². The zero-order valence-electron chi connectivity index (χ0n) is 19.6. The molecule has 170 valence electrons. The molecule has 0 aliphatic carbocycles. The third-order valence-electron chi connectivity index (χ3n) is 5.71. The molecule has 0 spiro atoms. The van der Waals surface area contributed by atoms with Crippen molar-refractivity contribution in [1.82, 2.24) is 4.98 Å². The summed E-state index contributed by atoms with van der Waals surface area (Å²) in [5.74, 6) is 1.83. The fraction of sp³-hybridized carbons (Fsp3) is 0.259. The summed E-state index contributed by atoms with van der Waals surface area (Å²) in [5, 5.41) is 2.88. The van der Waals surface area contributed by atoms with Gasteiger partial charge in [0.25, 0.3) is 5.91 Å². The maximum absolute atomic E-state index is 12.6. The smallest absolute Gasteiger partial charge is 0.262 e. The number of hydrogen-bond acceptors (Lipinski definition) is 5. The van der Waals surface area contributed by atoms with E-state index in [-0.39, 0.29) is 12.5 Å². The van der Waals surface area contributed by atoms with Gasteiger partial charge in [-0.1, -0.05) is 32.0 Å². The van der Waals surface area contributed by atoms with Crippen LogP contribution in [0.1, 0.15) is 36.5 Å². The Balaban J connectivity index is 1.55. The lowest BCUT2D eigenvalue weighted by Gasteiger charge is -2.13. The third-order valence-corrected chi connectivity index (χ3v) is 5.71. The molecule has 0 fully saturated rings. The summed E-state index contributed by atoms with van der Waals surface area (Å²) in [5.41, 5.74) is 6.12. The first kappa shape index (κ1) is 22.4. The highest BCUT2D eigenvalue weighted by molar-refractivity contribution is 5.94. The van der Waals surface area contributed by atoms with E-state index in [2.05, 4.69) is 30.2 Å². The Bertz CT molecular complexity index is 1310. The highest BCUT2D eigenvalue weighted by atomic mass is 16.5. The number of aromatic nitrogens is 1. The molecule has 4 rings (SSSR count). The molecule has 0 bridgehead atoms. The van der Waals surface area contributed by atoms with E-state index in [0.29, 0.717) is 29.0 Å². The number of rotatable bonds is 7. The lowest BCUT2D eigenvalue weighted by atomic mass is 10.0. The zero-order chi connectivity index (χ0) is 23.5. The van der Waals surface area contributed by atoms with Gasteiger partial charge in [-0.25, -0.2) is 4.98 Å². The molecule has 0 saturated heterocycles. The molecule has 6 heteroatoms. The highest BCUT2D eigenvalue weighted by Crippen LogP contribution is 2.32. The van der Waals surface area contributed by atoms with Crippen LogP contribution in [0.15, 0.2) is 59.0 Å². The van der Waals surface area contributed by atoms with Crippen molar-refractivity contribution in [1.29, 1.82) is 0 Å². The van der Waals surface area contributed by atoms with Crippen LogP contribution in [0.25, 0.3) is 22.6 Å². The van der Waals surface area contributed by atoms with Crippen LogP contribution in [0, 0.1) is 13.8 Å². The number of amides is 1. The predicted octanol–water partition coefficient (Wildman–Crippen LogP) is 6.26. The van der Waals surface area contributed by atoms with Gasteiger partial charge in [0.15, 0.2) is 12.2 Å². The maximum Gasteiger partial charge on any atom is 0.262 e. The summed E-state index contributed by atoms with van der Waals surface area (Å²) in [6.07, 6.45) is 0. The number of nitrogens with one attached hydrogen (secondary N) is 1. The van der Waals surface area contributed by atoms with Gasteiger partial charge in [-0.2, -0.15) is 0 Å². The normalized spacial score (nSPS) is 11.1. The molecular weight excluding hydrogens is 416 g/mol. The Kier molecular flexibility index (Phi) is 6.36. The van der Waals surface area contributed by atoms with Gasteiger partial charge in [-0.05, 0) is 72.9 Å². The fourth-order valence-electron chi connectivity index (χ4n) is 3.58. The Morgan fingerprint density at radius 2 is 1.88 bits per heavy atom. The van der Waals surface area contributed by atoms with Gasteiger partial charge >= 0.3 is 0 Å². The summed E-state index contributed by atoms with van der Waals surface area (Å²) >= 11 is 0. The minimum Gasteiger partial charge on any atom is -0.495 e. The Labute approximate surface area is 193 Å². The van der Waals surface area contributed by atoms with Crippen LogP contribution < -0.4 is 14.8 Å². The van der Waals surface area contributed by atoms with Gasteiger partial charge in [-0.3, -0.25) is 4.79 Å². The molecule has 0 aliphatic heterocycles. The molecule has 0 unspecified atom stereocenters. The predicted molar refractivity (Wildman–Crippen MR) is 130 cm³/mol. The number of ether oxygens (including phenoxy) is 2. The van der Waals surface area contributed by atoms with Gasteiger partial charge in [0.05, 0.1) is 12.8 Å². The van der Waals surface area contributed by atoms with Crippen LogP contribution in [-0.2, 0) is 4.79 Å². The van der Waals surface area contributed by atoms with E-state index in [0.717, 1.165) is 27.8 Å². The number of methoxy groups -OCH3 is 1. The van der Waals surface area contributed by atoms with Crippen molar-refractivity contribution in [3.8, 4) is 23.0 Å². The van der Waals surface area contributed by atoms with E-state index in [4.69, 9.17) is 13.9 Å². The SMILES string of the molecule is COc1ccc(-c2nc3cc(C(C)C)ccc3o2)cc1NC(=O)COc1cccc(C)c1C. The first-order chi connectivity index (χ1) is 15.9. The zero-order valence-corrected chi connectivity index (χ0v) is 19.6. The molecule has 0 saturated carbocycles. The largest absolute Gasteiger partial charge is 0.495 e. The van der Waals surface area contributed by atoms with Crippen molar-refractivity contribution >= 4 is 22.7 Å². The molecule has 1 heterocycles. The quantitative estimate of drug-likeness (QED) is 0.364. The molecule has 33 heavy (non-hydrogen) atoms. The first-order valence-corrected chi connectivity index (χ1v) is 10.9. The summed E-state index contributed by atoms with van der Waals surface area (Å²) < 4.78 is 17.1. The molecule has 4 aromatic rings. The van der Waals surface area contributed by atoms with E-state index >= 15 is 0 Å². The van der Waals surface area contributed by atoms with Crippen LogP contribution in [-0.4, -0.2) is 24.6 Å². The van der Waals surface area contributed by atoms with Gasteiger partial charge in [-0.15, -0.1) is 0 Å². The second-order valence-electron chi connectivity index (χ2n) is 8.35. The molecule has 3 aromatic carbocycles. The number of nitrogens with zero attached hydrogens (tertiary/aromatic N) is 1. The van der Waals surface area contributed by atoms with Crippen molar-refractivity contribution in [2.24, 2.45) is 0 Å². The lowest BCUT2D eigenvalue weighted by molar-refractivity contribution is -0.118. The van der Waals surface area contributed by atoms with Crippen molar-refractivity contribution in [3.05, 3.63) is 71.3 Å². The second-order valence-corrected chi connectivity index (χ2v) is 8.35. The number of benzene rings is 3. The summed E-state index contributed by atoms with van der Waals surface area (Å²) in [4.78, 5) is 17.3. The molecule has 0 atom stereocenters. The van der Waals surface area contributed by atoms with Crippen LogP contribution in [0.3, 0.4) is 0 Å². The molecule has 1 aromatic heterocycles. The fourth-order valence-corrected chi connectivity index (χ4v) is 3.58. The number of hydrogen-bond donors (Lipinski definition) is 1.